The molecule has 0 aromatic heterocycles. The van der Waals surface area contributed by atoms with E-state index in [-0.39, 0.29) is 11.4 Å². The number of aryl methyl sites for hydroxylation is 1. The number of carbonyl (C=O) groups is 1. The van der Waals surface area contributed by atoms with Crippen LogP contribution >= 0.6 is 0 Å². The summed E-state index contributed by atoms with van der Waals surface area (Å²) in [6, 6.07) is 12.6. The molecule has 1 fully saturated rings. The summed E-state index contributed by atoms with van der Waals surface area (Å²) in [5.41, 5.74) is 8.54. The van der Waals surface area contributed by atoms with E-state index in [1.54, 1.807) is 0 Å². The fourth-order valence-corrected chi connectivity index (χ4v) is 2.85. The fraction of sp³-hybridized carbons (Fsp3) is 0.278. The summed E-state index contributed by atoms with van der Waals surface area (Å²) in [4.78, 5) is 12.0. The normalized spacial score (nSPS) is 19.2. The Morgan fingerprint density at radius 3 is 2.43 bits per heavy atom. The van der Waals surface area contributed by atoms with E-state index in [9.17, 15) is 4.79 Å². The van der Waals surface area contributed by atoms with E-state index >= 15 is 0 Å². The molecule has 0 saturated carbocycles. The Labute approximate surface area is 125 Å². The molecule has 3 heteroatoms. The standard InChI is InChI=1S/C18H20N2O/c1-4-12-9-10-13(15-8-6-5-7-14(12)15)11-16-17(21)19-20-18(16,2)3/h5-11,20H,4H2,1-3H3,(H,19,21)/b16-11+. The minimum Gasteiger partial charge on any atom is -0.287 e. The predicted molar refractivity (Wildman–Crippen MR) is 86.7 cm³/mol. The number of amides is 1. The van der Waals surface area contributed by atoms with Gasteiger partial charge in [-0.1, -0.05) is 43.3 Å². The molecule has 1 amide bonds. The van der Waals surface area contributed by atoms with Crippen LogP contribution in [0, 0.1) is 0 Å². The number of hydrazine groups is 1. The van der Waals surface area contributed by atoms with E-state index in [0.717, 1.165) is 17.6 Å². The first-order valence-electron chi connectivity index (χ1n) is 7.33. The first-order chi connectivity index (χ1) is 10.0. The highest BCUT2D eigenvalue weighted by Crippen LogP contribution is 2.28. The van der Waals surface area contributed by atoms with Crippen molar-refractivity contribution in [2.75, 3.05) is 0 Å². The molecule has 0 aliphatic carbocycles. The molecule has 0 spiro atoms. The largest absolute Gasteiger partial charge is 0.287 e. The zero-order chi connectivity index (χ0) is 15.0. The van der Waals surface area contributed by atoms with Crippen LogP contribution in [0.15, 0.2) is 42.0 Å². The third-order valence-electron chi connectivity index (χ3n) is 4.14. The number of rotatable bonds is 2. The van der Waals surface area contributed by atoms with Gasteiger partial charge in [-0.3, -0.25) is 10.2 Å². The molecule has 1 aliphatic heterocycles. The summed E-state index contributed by atoms with van der Waals surface area (Å²) in [6.45, 7) is 6.16. The van der Waals surface area contributed by atoms with Crippen LogP contribution in [0.25, 0.3) is 16.8 Å². The monoisotopic (exact) mass is 280 g/mol. The average molecular weight is 280 g/mol. The van der Waals surface area contributed by atoms with Crippen molar-refractivity contribution in [2.24, 2.45) is 0 Å². The number of hydrogen-bond donors (Lipinski definition) is 2. The van der Waals surface area contributed by atoms with Gasteiger partial charge in [0.25, 0.3) is 5.91 Å². The molecular weight excluding hydrogens is 260 g/mol. The van der Waals surface area contributed by atoms with Crippen LogP contribution in [0.1, 0.15) is 31.9 Å². The summed E-state index contributed by atoms with van der Waals surface area (Å²) in [7, 11) is 0. The van der Waals surface area contributed by atoms with Gasteiger partial charge in [-0.05, 0) is 48.2 Å². The molecule has 0 atom stereocenters. The molecule has 1 saturated heterocycles. The molecular formula is C18H20N2O. The van der Waals surface area contributed by atoms with Crippen LogP contribution in [0.2, 0.25) is 0 Å². The van der Waals surface area contributed by atoms with Gasteiger partial charge in [-0.2, -0.15) is 0 Å². The molecule has 21 heavy (non-hydrogen) atoms. The zero-order valence-corrected chi connectivity index (χ0v) is 12.7. The molecule has 108 valence electrons. The topological polar surface area (TPSA) is 41.1 Å². The van der Waals surface area contributed by atoms with Gasteiger partial charge in [0.1, 0.15) is 0 Å². The SMILES string of the molecule is CCc1ccc(/C=C2\C(=O)NNC2(C)C)c2ccccc12. The molecule has 2 aromatic rings. The summed E-state index contributed by atoms with van der Waals surface area (Å²) in [5.74, 6) is -0.0522. The van der Waals surface area contributed by atoms with E-state index < -0.39 is 0 Å². The van der Waals surface area contributed by atoms with E-state index in [0.29, 0.717) is 0 Å². The van der Waals surface area contributed by atoms with Gasteiger partial charge in [-0.25, -0.2) is 5.43 Å². The Bertz CT molecular complexity index is 744. The van der Waals surface area contributed by atoms with E-state index in [4.69, 9.17) is 0 Å². The van der Waals surface area contributed by atoms with E-state index in [2.05, 4.69) is 48.1 Å². The molecule has 3 rings (SSSR count). The van der Waals surface area contributed by atoms with Crippen molar-refractivity contribution >= 4 is 22.8 Å². The molecule has 0 bridgehead atoms. The van der Waals surface area contributed by atoms with Crippen LogP contribution in [0.4, 0.5) is 0 Å². The second kappa shape index (κ2) is 5.01. The molecule has 2 N–H and O–H groups in total. The lowest BCUT2D eigenvalue weighted by molar-refractivity contribution is -0.116. The third kappa shape index (κ3) is 2.34. The lowest BCUT2D eigenvalue weighted by Crippen LogP contribution is -2.38. The molecule has 1 heterocycles. The van der Waals surface area contributed by atoms with E-state index in [1.165, 1.54) is 16.3 Å². The van der Waals surface area contributed by atoms with Gasteiger partial charge in [0.15, 0.2) is 0 Å². The van der Waals surface area contributed by atoms with Gasteiger partial charge in [0, 0.05) is 5.57 Å². The van der Waals surface area contributed by atoms with Crippen LogP contribution < -0.4 is 10.9 Å². The number of carbonyl (C=O) groups excluding carboxylic acids is 1. The van der Waals surface area contributed by atoms with Gasteiger partial charge >= 0.3 is 0 Å². The molecule has 1 aliphatic rings. The smallest absolute Gasteiger partial charge is 0.263 e. The molecule has 0 unspecified atom stereocenters. The summed E-state index contributed by atoms with van der Waals surface area (Å²) in [5, 5.41) is 2.46. The van der Waals surface area contributed by atoms with Gasteiger partial charge in [-0.15, -0.1) is 0 Å². The van der Waals surface area contributed by atoms with Crippen molar-refractivity contribution in [1.82, 2.24) is 10.9 Å². The quantitative estimate of drug-likeness (QED) is 0.829. The maximum Gasteiger partial charge on any atom is 0.263 e. The second-order valence-corrected chi connectivity index (χ2v) is 5.98. The van der Waals surface area contributed by atoms with Crippen molar-refractivity contribution in [1.29, 1.82) is 0 Å². The maximum atomic E-state index is 12.0. The van der Waals surface area contributed by atoms with Crippen LogP contribution in [0.5, 0.6) is 0 Å². The second-order valence-electron chi connectivity index (χ2n) is 5.98. The average Bonchev–Trinajstić information content (AvgIpc) is 2.74. The minimum atomic E-state index is -0.360. The highest BCUT2D eigenvalue weighted by Gasteiger charge is 2.34. The Morgan fingerprint density at radius 2 is 1.81 bits per heavy atom. The van der Waals surface area contributed by atoms with Crippen molar-refractivity contribution in [3.63, 3.8) is 0 Å². The first-order valence-corrected chi connectivity index (χ1v) is 7.33. The summed E-state index contributed by atoms with van der Waals surface area (Å²) < 4.78 is 0. The Hall–Kier alpha value is -2.13. The summed E-state index contributed by atoms with van der Waals surface area (Å²) >= 11 is 0. The predicted octanol–water partition coefficient (Wildman–Crippen LogP) is 3.20. The van der Waals surface area contributed by atoms with Gasteiger partial charge in [0.2, 0.25) is 0 Å². The number of fused-ring (bicyclic) bond motifs is 1. The molecule has 2 aromatic carbocycles. The van der Waals surface area contributed by atoms with Crippen molar-refractivity contribution < 1.29 is 4.79 Å². The van der Waals surface area contributed by atoms with Crippen molar-refractivity contribution in [3.05, 3.63) is 53.1 Å². The van der Waals surface area contributed by atoms with E-state index in [1.807, 2.05) is 26.0 Å². The number of nitrogens with one attached hydrogen (secondary N) is 2. The highest BCUT2D eigenvalue weighted by molar-refractivity contribution is 6.04. The lowest BCUT2D eigenvalue weighted by Gasteiger charge is -2.17. The van der Waals surface area contributed by atoms with Gasteiger partial charge < -0.3 is 0 Å². The molecule has 0 radical (unpaired) electrons. The third-order valence-corrected chi connectivity index (χ3v) is 4.14. The Morgan fingerprint density at radius 1 is 1.10 bits per heavy atom. The van der Waals surface area contributed by atoms with Crippen LogP contribution in [0.3, 0.4) is 0 Å². The summed E-state index contributed by atoms with van der Waals surface area (Å²) in [6.07, 6.45) is 3.00. The number of benzene rings is 2. The number of hydrogen-bond acceptors (Lipinski definition) is 2. The maximum absolute atomic E-state index is 12.0. The Kier molecular flexibility index (Phi) is 3.30. The minimum absolute atomic E-state index is 0.0522. The van der Waals surface area contributed by atoms with Crippen LogP contribution in [-0.2, 0) is 11.2 Å². The van der Waals surface area contributed by atoms with Gasteiger partial charge in [0.05, 0.1) is 5.54 Å². The van der Waals surface area contributed by atoms with Crippen molar-refractivity contribution in [3.8, 4) is 0 Å². The van der Waals surface area contributed by atoms with Crippen molar-refractivity contribution in [2.45, 2.75) is 32.7 Å². The fourth-order valence-electron chi connectivity index (χ4n) is 2.85. The zero-order valence-electron chi connectivity index (χ0n) is 12.7. The Balaban J connectivity index is 2.20. The molecule has 3 nitrogen and oxygen atoms in total. The lowest BCUT2D eigenvalue weighted by atomic mass is 9.91. The first kappa shape index (κ1) is 13.8. The highest BCUT2D eigenvalue weighted by atomic mass is 16.2. The van der Waals surface area contributed by atoms with Crippen LogP contribution in [-0.4, -0.2) is 11.4 Å².